The fraction of sp³-hybridized carbons (Fsp3) is 0.600. The van der Waals surface area contributed by atoms with Crippen LogP contribution in [0.3, 0.4) is 0 Å². The summed E-state index contributed by atoms with van der Waals surface area (Å²) < 4.78 is 0. The monoisotopic (exact) mass is 215 g/mol. The summed E-state index contributed by atoms with van der Waals surface area (Å²) in [5.74, 6) is 2.60. The fourth-order valence-corrected chi connectivity index (χ4v) is 3.72. The Morgan fingerprint density at radius 2 is 2.12 bits per heavy atom. The van der Waals surface area contributed by atoms with Crippen molar-refractivity contribution in [1.82, 2.24) is 0 Å². The molecule has 0 bridgehead atoms. The molecule has 0 radical (unpaired) electrons. The van der Waals surface area contributed by atoms with E-state index in [1.807, 2.05) is 0 Å². The number of rotatable bonds is 1. The van der Waals surface area contributed by atoms with Crippen molar-refractivity contribution in [3.8, 4) is 0 Å². The molecule has 1 heterocycles. The van der Waals surface area contributed by atoms with Crippen molar-refractivity contribution in [3.05, 3.63) is 29.3 Å². The summed E-state index contributed by atoms with van der Waals surface area (Å²) in [7, 11) is 0. The Kier molecular flexibility index (Phi) is 2.42. The summed E-state index contributed by atoms with van der Waals surface area (Å²) in [4.78, 5) is 0. The molecule has 86 valence electrons. The van der Waals surface area contributed by atoms with Gasteiger partial charge in [-0.15, -0.1) is 0 Å². The van der Waals surface area contributed by atoms with Crippen molar-refractivity contribution >= 4 is 5.69 Å². The van der Waals surface area contributed by atoms with Crippen LogP contribution in [0.1, 0.15) is 43.2 Å². The Balaban J connectivity index is 1.94. The van der Waals surface area contributed by atoms with Crippen LogP contribution in [-0.4, -0.2) is 6.54 Å². The third kappa shape index (κ3) is 1.45. The van der Waals surface area contributed by atoms with Gasteiger partial charge in [-0.25, -0.2) is 0 Å². The normalized spacial score (nSPS) is 32.5. The molecule has 1 N–H and O–H groups in total. The van der Waals surface area contributed by atoms with Crippen LogP contribution in [0, 0.1) is 18.8 Å². The Hall–Kier alpha value is -0.980. The molecule has 1 aromatic rings. The van der Waals surface area contributed by atoms with Gasteiger partial charge in [-0.05, 0) is 36.3 Å². The Morgan fingerprint density at radius 3 is 2.88 bits per heavy atom. The first kappa shape index (κ1) is 10.2. The zero-order valence-electron chi connectivity index (χ0n) is 10.3. The molecule has 0 amide bonds. The minimum atomic E-state index is 0.771. The van der Waals surface area contributed by atoms with E-state index in [2.05, 4.69) is 37.4 Å². The van der Waals surface area contributed by atoms with E-state index in [0.29, 0.717) is 0 Å². The lowest BCUT2D eigenvalue weighted by Gasteiger charge is -2.22. The highest BCUT2D eigenvalue weighted by atomic mass is 14.9. The zero-order valence-corrected chi connectivity index (χ0v) is 10.3. The lowest BCUT2D eigenvalue weighted by Crippen LogP contribution is -2.17. The molecule has 16 heavy (non-hydrogen) atoms. The number of hydrogen-bond donors (Lipinski definition) is 1. The van der Waals surface area contributed by atoms with Gasteiger partial charge < -0.3 is 5.32 Å². The summed E-state index contributed by atoms with van der Waals surface area (Å²) in [5, 5.41) is 3.62. The van der Waals surface area contributed by atoms with E-state index in [1.165, 1.54) is 30.5 Å². The standard InChI is InChI=1S/C15H21N/c1-10-5-3-7-12(10)14-9-16-15-11(2)6-4-8-13(14)15/h4,6,8,10,12,14,16H,3,5,7,9H2,1-2H3. The van der Waals surface area contributed by atoms with Crippen LogP contribution in [0.5, 0.6) is 0 Å². The van der Waals surface area contributed by atoms with Crippen LogP contribution in [0.15, 0.2) is 18.2 Å². The van der Waals surface area contributed by atoms with E-state index in [0.717, 1.165) is 24.3 Å². The van der Waals surface area contributed by atoms with Gasteiger partial charge in [0.15, 0.2) is 0 Å². The van der Waals surface area contributed by atoms with Gasteiger partial charge in [0, 0.05) is 18.2 Å². The minimum Gasteiger partial charge on any atom is -0.384 e. The third-order valence-electron chi connectivity index (χ3n) is 4.65. The largest absolute Gasteiger partial charge is 0.384 e. The molecule has 1 heteroatoms. The second kappa shape index (κ2) is 3.80. The molecule has 1 aliphatic carbocycles. The van der Waals surface area contributed by atoms with Crippen molar-refractivity contribution in [1.29, 1.82) is 0 Å². The first-order valence-electron chi connectivity index (χ1n) is 6.61. The molecule has 1 aliphatic heterocycles. The molecule has 0 aromatic heterocycles. The second-order valence-corrected chi connectivity index (χ2v) is 5.60. The average molecular weight is 215 g/mol. The maximum atomic E-state index is 3.62. The van der Waals surface area contributed by atoms with Crippen molar-refractivity contribution in [2.45, 2.75) is 39.0 Å². The minimum absolute atomic E-state index is 0.771. The van der Waals surface area contributed by atoms with E-state index in [9.17, 15) is 0 Å². The van der Waals surface area contributed by atoms with Crippen LogP contribution in [-0.2, 0) is 0 Å². The van der Waals surface area contributed by atoms with Gasteiger partial charge in [0.1, 0.15) is 0 Å². The molecule has 3 rings (SSSR count). The number of aryl methyl sites for hydroxylation is 1. The molecule has 3 unspecified atom stereocenters. The quantitative estimate of drug-likeness (QED) is 0.748. The SMILES string of the molecule is Cc1cccc2c1NCC2C1CCCC1C. The number of benzene rings is 1. The summed E-state index contributed by atoms with van der Waals surface area (Å²) in [6, 6.07) is 6.76. The highest BCUT2D eigenvalue weighted by molar-refractivity contribution is 5.62. The van der Waals surface area contributed by atoms with Gasteiger partial charge in [0.05, 0.1) is 0 Å². The Morgan fingerprint density at radius 1 is 1.25 bits per heavy atom. The van der Waals surface area contributed by atoms with Crippen LogP contribution in [0.2, 0.25) is 0 Å². The summed E-state index contributed by atoms with van der Waals surface area (Å²) in [5.41, 5.74) is 4.41. The predicted octanol–water partition coefficient (Wildman–Crippen LogP) is 3.94. The summed E-state index contributed by atoms with van der Waals surface area (Å²) >= 11 is 0. The molecule has 2 aliphatic rings. The van der Waals surface area contributed by atoms with Crippen molar-refractivity contribution in [3.63, 3.8) is 0 Å². The zero-order chi connectivity index (χ0) is 11.1. The lowest BCUT2D eigenvalue weighted by atomic mass is 9.81. The topological polar surface area (TPSA) is 12.0 Å². The Labute approximate surface area is 98.3 Å². The highest BCUT2D eigenvalue weighted by Crippen LogP contribution is 2.46. The van der Waals surface area contributed by atoms with Crippen molar-refractivity contribution in [2.24, 2.45) is 11.8 Å². The van der Waals surface area contributed by atoms with Crippen LogP contribution in [0.4, 0.5) is 5.69 Å². The van der Waals surface area contributed by atoms with Gasteiger partial charge in [-0.2, -0.15) is 0 Å². The first-order valence-corrected chi connectivity index (χ1v) is 6.61. The molecule has 1 fully saturated rings. The number of nitrogens with one attached hydrogen (secondary N) is 1. The van der Waals surface area contributed by atoms with Gasteiger partial charge in [0.25, 0.3) is 0 Å². The van der Waals surface area contributed by atoms with Gasteiger partial charge in [0.2, 0.25) is 0 Å². The number of anilines is 1. The summed E-state index contributed by atoms with van der Waals surface area (Å²) in [6.07, 6.45) is 4.30. The predicted molar refractivity (Wildman–Crippen MR) is 68.9 cm³/mol. The fourth-order valence-electron chi connectivity index (χ4n) is 3.72. The molecular formula is C15H21N. The van der Waals surface area contributed by atoms with Gasteiger partial charge in [-0.3, -0.25) is 0 Å². The van der Waals surface area contributed by atoms with E-state index in [-0.39, 0.29) is 0 Å². The van der Waals surface area contributed by atoms with Crippen molar-refractivity contribution in [2.75, 3.05) is 11.9 Å². The molecular weight excluding hydrogens is 194 g/mol. The van der Waals surface area contributed by atoms with Gasteiger partial charge >= 0.3 is 0 Å². The third-order valence-corrected chi connectivity index (χ3v) is 4.65. The number of para-hydroxylation sites is 1. The first-order chi connectivity index (χ1) is 7.77. The maximum Gasteiger partial charge on any atom is 0.0406 e. The van der Waals surface area contributed by atoms with E-state index < -0.39 is 0 Å². The van der Waals surface area contributed by atoms with Crippen LogP contribution in [0.25, 0.3) is 0 Å². The second-order valence-electron chi connectivity index (χ2n) is 5.60. The number of fused-ring (bicyclic) bond motifs is 1. The molecule has 1 aromatic carbocycles. The molecule has 0 saturated heterocycles. The Bertz CT molecular complexity index is 396. The summed E-state index contributed by atoms with van der Waals surface area (Å²) in [6.45, 7) is 5.81. The van der Waals surface area contributed by atoms with Gasteiger partial charge in [-0.1, -0.05) is 38.0 Å². The molecule has 3 atom stereocenters. The average Bonchev–Trinajstić information content (AvgIpc) is 2.84. The molecule has 0 spiro atoms. The molecule has 1 nitrogen and oxygen atoms in total. The van der Waals surface area contributed by atoms with E-state index >= 15 is 0 Å². The van der Waals surface area contributed by atoms with E-state index in [4.69, 9.17) is 0 Å². The highest BCUT2D eigenvalue weighted by Gasteiger charge is 2.35. The molecule has 1 saturated carbocycles. The van der Waals surface area contributed by atoms with E-state index in [1.54, 1.807) is 5.56 Å². The maximum absolute atomic E-state index is 3.62. The number of hydrogen-bond acceptors (Lipinski definition) is 1. The lowest BCUT2D eigenvalue weighted by molar-refractivity contribution is 0.361. The van der Waals surface area contributed by atoms with Crippen molar-refractivity contribution < 1.29 is 0 Å². The van der Waals surface area contributed by atoms with Crippen LogP contribution < -0.4 is 5.32 Å². The smallest absolute Gasteiger partial charge is 0.0406 e. The van der Waals surface area contributed by atoms with Crippen LogP contribution >= 0.6 is 0 Å².